The van der Waals surface area contributed by atoms with Crippen LogP contribution in [-0.2, 0) is 20.8 Å². The van der Waals surface area contributed by atoms with Crippen molar-refractivity contribution in [1.29, 1.82) is 5.26 Å². The van der Waals surface area contributed by atoms with Crippen LogP contribution in [0.25, 0.3) is 0 Å². The molecule has 1 saturated heterocycles. The lowest BCUT2D eigenvalue weighted by atomic mass is 9.87. The molecule has 0 saturated carbocycles. The summed E-state index contributed by atoms with van der Waals surface area (Å²) in [4.78, 5) is 14.3. The molecule has 264 valence electrons. The summed E-state index contributed by atoms with van der Waals surface area (Å²) in [7, 11) is 6.68. The minimum absolute atomic E-state index is 0.0548. The van der Waals surface area contributed by atoms with Gasteiger partial charge in [0.2, 0.25) is 5.91 Å². The molecule has 2 aliphatic rings. The lowest BCUT2D eigenvalue weighted by molar-refractivity contribution is -0.274. The molecule has 14 heteroatoms. The Bertz CT molecular complexity index is 1430. The number of rotatable bonds is 14. The third kappa shape index (κ3) is 11.1. The summed E-state index contributed by atoms with van der Waals surface area (Å²) in [5.74, 6) is -0.515. The van der Waals surface area contributed by atoms with Crippen molar-refractivity contribution in [2.24, 2.45) is 17.4 Å². The fourth-order valence-electron chi connectivity index (χ4n) is 5.89. The number of benzene rings is 2. The number of anilines is 1. The number of methoxy groups -OCH3 is 3. The van der Waals surface area contributed by atoms with Gasteiger partial charge in [-0.3, -0.25) is 14.7 Å². The van der Waals surface area contributed by atoms with Gasteiger partial charge in [0.15, 0.2) is 0 Å². The standard InChI is InChI=1S/C17H19F3N4O.C17H28N2O4/c1-22-10-14(11-23-4-2-3-5-23)12-24(22)15-6-13(9-21)7-16(8-15)25-17(18,19)20;1-11(21-2)5-7-15(17(19)20)16(23-4)14-8-6-13(22-3)9-12(14)10-18/h6-8,12H,2-5,10-11H2,1H3;6,8-9,11,15-16H,5,7,10,18H2,1-4H3,(H2,19,20). The number of nitrogens with zero attached hydrogens (tertiary/aromatic N) is 4. The van der Waals surface area contributed by atoms with E-state index in [1.807, 2.05) is 49.4 Å². The van der Waals surface area contributed by atoms with Gasteiger partial charge in [-0.05, 0) is 86.7 Å². The van der Waals surface area contributed by atoms with Crippen LogP contribution in [0.4, 0.5) is 18.9 Å². The van der Waals surface area contributed by atoms with E-state index < -0.39 is 24.1 Å². The second kappa shape index (κ2) is 18.0. The normalized spacial score (nSPS) is 17.2. The number of carbonyl (C=O) groups is 1. The first-order valence-corrected chi connectivity index (χ1v) is 15.8. The van der Waals surface area contributed by atoms with Crippen molar-refractivity contribution in [3.05, 3.63) is 64.9 Å². The average Bonchev–Trinajstić information content (AvgIpc) is 3.70. The Morgan fingerprint density at radius 1 is 1.04 bits per heavy atom. The third-order valence-corrected chi connectivity index (χ3v) is 8.40. The van der Waals surface area contributed by atoms with E-state index in [1.54, 1.807) is 32.4 Å². The second-order valence-electron chi connectivity index (χ2n) is 11.9. The highest BCUT2D eigenvalue weighted by Crippen LogP contribution is 2.34. The number of halogens is 3. The van der Waals surface area contributed by atoms with Crippen molar-refractivity contribution in [3.63, 3.8) is 0 Å². The smallest absolute Gasteiger partial charge is 0.497 e. The van der Waals surface area contributed by atoms with Gasteiger partial charge >= 0.3 is 6.36 Å². The summed E-state index contributed by atoms with van der Waals surface area (Å²) in [6.45, 7) is 5.99. The number of hydrogen-bond donors (Lipinski definition) is 2. The number of amides is 1. The van der Waals surface area contributed by atoms with Crippen LogP contribution in [0.15, 0.2) is 48.2 Å². The van der Waals surface area contributed by atoms with Crippen LogP contribution < -0.4 is 25.9 Å². The molecule has 3 unspecified atom stereocenters. The van der Waals surface area contributed by atoms with Crippen LogP contribution in [0.3, 0.4) is 0 Å². The summed E-state index contributed by atoms with van der Waals surface area (Å²) in [5.41, 5.74) is 15.0. The first-order chi connectivity index (χ1) is 22.8. The van der Waals surface area contributed by atoms with Crippen molar-refractivity contribution in [1.82, 2.24) is 9.91 Å². The molecule has 11 nitrogen and oxygen atoms in total. The van der Waals surface area contributed by atoms with Crippen LogP contribution in [0.1, 0.15) is 55.4 Å². The van der Waals surface area contributed by atoms with E-state index in [1.165, 1.54) is 24.5 Å². The van der Waals surface area contributed by atoms with Gasteiger partial charge in [-0.1, -0.05) is 6.07 Å². The fourth-order valence-corrected chi connectivity index (χ4v) is 5.89. The summed E-state index contributed by atoms with van der Waals surface area (Å²) < 4.78 is 57.6. The summed E-state index contributed by atoms with van der Waals surface area (Å²) in [5, 5.41) is 12.8. The Hall–Kier alpha value is -3.87. The maximum absolute atomic E-state index is 12.5. The predicted molar refractivity (Wildman–Crippen MR) is 176 cm³/mol. The maximum atomic E-state index is 12.5. The second-order valence-corrected chi connectivity index (χ2v) is 11.9. The van der Waals surface area contributed by atoms with Gasteiger partial charge in [-0.25, -0.2) is 5.01 Å². The molecule has 3 atom stereocenters. The highest BCUT2D eigenvalue weighted by atomic mass is 19.4. The summed E-state index contributed by atoms with van der Waals surface area (Å²) in [6, 6.07) is 11.4. The van der Waals surface area contributed by atoms with Crippen molar-refractivity contribution in [2.75, 3.05) is 59.6 Å². The molecule has 48 heavy (non-hydrogen) atoms. The Balaban J connectivity index is 0.000000262. The molecular weight excluding hydrogens is 629 g/mol. The zero-order valence-corrected chi connectivity index (χ0v) is 28.3. The molecule has 0 aliphatic carbocycles. The molecule has 0 bridgehead atoms. The average molecular weight is 677 g/mol. The summed E-state index contributed by atoms with van der Waals surface area (Å²) in [6.07, 6.45) is 0.451. The molecule has 2 aliphatic heterocycles. The van der Waals surface area contributed by atoms with E-state index in [0.29, 0.717) is 30.9 Å². The lowest BCUT2D eigenvalue weighted by Gasteiger charge is -2.26. The van der Waals surface area contributed by atoms with Crippen molar-refractivity contribution in [3.8, 4) is 17.6 Å². The number of alkyl halides is 3. The monoisotopic (exact) mass is 676 g/mol. The van der Waals surface area contributed by atoms with E-state index in [9.17, 15) is 18.0 Å². The van der Waals surface area contributed by atoms with Gasteiger partial charge in [-0.2, -0.15) is 5.26 Å². The van der Waals surface area contributed by atoms with Crippen molar-refractivity contribution in [2.45, 2.75) is 57.7 Å². The topological polar surface area (TPSA) is 140 Å². The Kier molecular flexibility index (Phi) is 14.5. The van der Waals surface area contributed by atoms with Gasteiger partial charge < -0.3 is 30.4 Å². The molecule has 2 aromatic carbocycles. The van der Waals surface area contributed by atoms with Gasteiger partial charge in [0.05, 0.1) is 42.6 Å². The number of ether oxygens (including phenoxy) is 4. The van der Waals surface area contributed by atoms with Crippen LogP contribution in [0, 0.1) is 17.2 Å². The summed E-state index contributed by atoms with van der Waals surface area (Å²) >= 11 is 0. The zero-order valence-electron chi connectivity index (χ0n) is 28.3. The van der Waals surface area contributed by atoms with Gasteiger partial charge in [-0.15, -0.1) is 13.2 Å². The molecule has 1 fully saturated rings. The van der Waals surface area contributed by atoms with Crippen LogP contribution in [-0.4, -0.2) is 82.8 Å². The molecule has 2 aromatic rings. The van der Waals surface area contributed by atoms with E-state index in [-0.39, 0.29) is 17.6 Å². The van der Waals surface area contributed by atoms with Crippen LogP contribution in [0.2, 0.25) is 0 Å². The SMILES string of the molecule is CN1CC(CN2CCCC2)=CN1c1cc(C#N)cc(OC(F)(F)F)c1.COc1ccc(C(OC)C(CCC(C)OC)C(N)=O)c(CN)c1. The first-order valence-electron chi connectivity index (χ1n) is 15.8. The maximum Gasteiger partial charge on any atom is 0.573 e. The number of hydrogen-bond acceptors (Lipinski definition) is 10. The van der Waals surface area contributed by atoms with E-state index in [4.69, 9.17) is 30.9 Å². The van der Waals surface area contributed by atoms with E-state index >= 15 is 0 Å². The van der Waals surface area contributed by atoms with Gasteiger partial charge in [0, 0.05) is 53.2 Å². The number of nitriles is 1. The zero-order chi connectivity index (χ0) is 35.4. The predicted octanol–water partition coefficient (Wildman–Crippen LogP) is 4.86. The van der Waals surface area contributed by atoms with Crippen LogP contribution >= 0.6 is 0 Å². The van der Waals surface area contributed by atoms with Crippen molar-refractivity contribution < 1.29 is 36.9 Å². The third-order valence-electron chi connectivity index (χ3n) is 8.40. The molecule has 0 spiro atoms. The van der Waals surface area contributed by atoms with Gasteiger partial charge in [0.1, 0.15) is 11.5 Å². The Labute approximate surface area is 280 Å². The highest BCUT2D eigenvalue weighted by molar-refractivity contribution is 5.77. The minimum atomic E-state index is -4.79. The molecule has 0 aromatic heterocycles. The largest absolute Gasteiger partial charge is 0.573 e. The molecular formula is C34H47F3N6O5. The van der Waals surface area contributed by atoms with Crippen molar-refractivity contribution >= 4 is 11.6 Å². The minimum Gasteiger partial charge on any atom is -0.497 e. The first kappa shape index (κ1) is 38.6. The number of likely N-dealkylation sites (tertiary alicyclic amines) is 1. The van der Waals surface area contributed by atoms with E-state index in [2.05, 4.69) is 9.64 Å². The highest BCUT2D eigenvalue weighted by Gasteiger charge is 2.32. The fraction of sp³-hybridized carbons (Fsp3) is 0.529. The molecule has 4 N–H and O–H groups in total. The Morgan fingerprint density at radius 2 is 1.75 bits per heavy atom. The number of likely N-dealkylation sites (N-methyl/N-ethyl adjacent to an activating group) is 1. The quantitative estimate of drug-likeness (QED) is 0.285. The Morgan fingerprint density at radius 3 is 2.31 bits per heavy atom. The number of carbonyl (C=O) groups excluding carboxylic acids is 1. The van der Waals surface area contributed by atoms with E-state index in [0.717, 1.165) is 43.2 Å². The van der Waals surface area contributed by atoms with Gasteiger partial charge in [0.25, 0.3) is 0 Å². The number of nitrogens with two attached hydrogens (primary N) is 2. The molecule has 0 radical (unpaired) electrons. The molecule has 1 amide bonds. The molecule has 4 rings (SSSR count). The number of primary amides is 1. The van der Waals surface area contributed by atoms with Crippen LogP contribution in [0.5, 0.6) is 11.5 Å². The molecule has 2 heterocycles. The number of hydrazine groups is 1. The lowest BCUT2D eigenvalue weighted by Crippen LogP contribution is -2.32.